The number of aliphatic hydroxyl groups is 1. The van der Waals surface area contributed by atoms with Crippen molar-refractivity contribution in [3.05, 3.63) is 155 Å². The number of hydrogen-bond donors (Lipinski definition) is 9. The summed E-state index contributed by atoms with van der Waals surface area (Å²) in [4.78, 5) is 135. The Morgan fingerprint density at radius 3 is 2.13 bits per heavy atom. The molecule has 4 aliphatic carbocycles. The van der Waals surface area contributed by atoms with E-state index in [1.165, 1.54) is 0 Å². The highest BCUT2D eigenvalue weighted by Crippen LogP contribution is 2.70. The van der Waals surface area contributed by atoms with Crippen molar-refractivity contribution in [3.63, 3.8) is 0 Å². The molecule has 2 heterocycles. The van der Waals surface area contributed by atoms with E-state index in [1.807, 2.05) is 93.6 Å². The molecule has 0 bridgehead atoms. The number of ether oxygens (including phenoxy) is 8. The number of anilines is 2. The number of carbonyl (C=O) groups is 10. The van der Waals surface area contributed by atoms with Crippen LogP contribution in [0, 0.1) is 34.5 Å². The van der Waals surface area contributed by atoms with Gasteiger partial charge in [-0.1, -0.05) is 144 Å². The molecule has 113 heavy (non-hydrogen) atoms. The molecule has 6 aliphatic rings. The van der Waals surface area contributed by atoms with Crippen LogP contribution in [-0.2, 0) is 95.8 Å². The fraction of sp³-hybridized carbons (Fsp3) is 0.529. The van der Waals surface area contributed by atoms with Crippen molar-refractivity contribution < 1.29 is 90.9 Å². The van der Waals surface area contributed by atoms with Crippen molar-refractivity contribution in [1.29, 1.82) is 0 Å². The summed E-state index contributed by atoms with van der Waals surface area (Å²) in [6.07, 6.45) is 8.53. The predicted octanol–water partition coefficient (Wildman–Crippen LogP) is 7.83. The Labute approximate surface area is 660 Å². The Morgan fingerprint density at radius 2 is 1.41 bits per heavy atom. The highest BCUT2D eigenvalue weighted by molar-refractivity contribution is 6.02. The van der Waals surface area contributed by atoms with E-state index in [4.69, 9.17) is 43.6 Å². The van der Waals surface area contributed by atoms with Gasteiger partial charge in [0.05, 0.1) is 77.3 Å². The van der Waals surface area contributed by atoms with Gasteiger partial charge in [0.2, 0.25) is 35.4 Å². The fourth-order valence-corrected chi connectivity index (χ4v) is 16.9. The molecule has 12 atom stereocenters. The fourth-order valence-electron chi connectivity index (χ4n) is 16.9. The second kappa shape index (κ2) is 41.0. The zero-order valence-electron chi connectivity index (χ0n) is 65.6. The summed E-state index contributed by atoms with van der Waals surface area (Å²) in [6, 6.07) is 27.2. The van der Waals surface area contributed by atoms with Gasteiger partial charge >= 0.3 is 12.1 Å². The molecule has 0 aromatic heterocycles. The molecular formula is C85H111N9O19. The van der Waals surface area contributed by atoms with Crippen molar-refractivity contribution >= 4 is 82.2 Å². The molecular weight excluding hydrogens is 1450 g/mol. The van der Waals surface area contributed by atoms with Crippen LogP contribution in [0.2, 0.25) is 0 Å². The lowest BCUT2D eigenvalue weighted by atomic mass is 9.46. The first kappa shape index (κ1) is 85.9. The molecule has 2 aliphatic heterocycles. The van der Waals surface area contributed by atoms with Crippen LogP contribution in [0.25, 0.3) is 11.6 Å². The molecule has 10 rings (SSSR count). The van der Waals surface area contributed by atoms with E-state index in [2.05, 4.69) is 50.2 Å². The number of fused-ring (bicyclic) bond motifs is 9. The Kier molecular flexibility index (Phi) is 31.2. The van der Waals surface area contributed by atoms with E-state index in [-0.39, 0.29) is 146 Å². The minimum absolute atomic E-state index is 0.0262. The quantitative estimate of drug-likeness (QED) is 0.0151. The number of para-hydroxylation sites is 1. The zero-order chi connectivity index (χ0) is 80.7. The van der Waals surface area contributed by atoms with Gasteiger partial charge in [0, 0.05) is 66.8 Å². The number of primary amides is 1. The van der Waals surface area contributed by atoms with Crippen molar-refractivity contribution in [2.24, 2.45) is 40.2 Å². The number of allylic oxidation sites excluding steroid dienone is 5. The number of carbonyl (C=O) groups excluding carboxylic acids is 10. The lowest BCUT2D eigenvalue weighted by Crippen LogP contribution is -2.63. The van der Waals surface area contributed by atoms with E-state index in [0.717, 1.165) is 51.9 Å². The highest BCUT2D eigenvalue weighted by atomic mass is 16.7. The van der Waals surface area contributed by atoms with Crippen LogP contribution in [0.4, 0.5) is 21.0 Å². The monoisotopic (exact) mass is 1560 g/mol. The average molecular weight is 1560 g/mol. The minimum atomic E-state index is -1.43. The molecule has 4 aromatic rings. The second-order valence-electron chi connectivity index (χ2n) is 30.6. The van der Waals surface area contributed by atoms with Crippen LogP contribution < -0.4 is 47.9 Å². The number of benzene rings is 4. The number of nitrogens with zero attached hydrogens (tertiary/aromatic N) is 1. The predicted molar refractivity (Wildman–Crippen MR) is 420 cm³/mol. The van der Waals surface area contributed by atoms with Crippen molar-refractivity contribution in [3.8, 4) is 0 Å². The lowest BCUT2D eigenvalue weighted by Gasteiger charge is -2.59. The van der Waals surface area contributed by atoms with Crippen molar-refractivity contribution in [2.75, 3.05) is 89.5 Å². The molecule has 4 aromatic carbocycles. The van der Waals surface area contributed by atoms with Gasteiger partial charge in [-0.05, 0) is 128 Å². The number of alkyl carbamates (subject to hydrolysis) is 1. The van der Waals surface area contributed by atoms with E-state index in [0.29, 0.717) is 56.9 Å². The lowest BCUT2D eigenvalue weighted by molar-refractivity contribution is -0.201. The maximum atomic E-state index is 14.9. The van der Waals surface area contributed by atoms with Gasteiger partial charge in [0.1, 0.15) is 38.1 Å². The summed E-state index contributed by atoms with van der Waals surface area (Å²) in [5, 5.41) is 31.2. The molecule has 9 amide bonds. The molecule has 10 N–H and O–H groups in total. The topological polar surface area (TPSA) is 378 Å². The number of amides is 9. The van der Waals surface area contributed by atoms with E-state index < -0.39 is 101 Å². The van der Waals surface area contributed by atoms with E-state index in [9.17, 15) is 53.1 Å². The summed E-state index contributed by atoms with van der Waals surface area (Å²) >= 11 is 0. The molecule has 28 nitrogen and oxygen atoms in total. The maximum absolute atomic E-state index is 14.9. The summed E-state index contributed by atoms with van der Waals surface area (Å²) in [5.41, 5.74) is 10.1. The van der Waals surface area contributed by atoms with Crippen LogP contribution >= 0.6 is 0 Å². The van der Waals surface area contributed by atoms with Crippen LogP contribution in [0.1, 0.15) is 140 Å². The second-order valence-corrected chi connectivity index (χ2v) is 30.6. The van der Waals surface area contributed by atoms with Crippen LogP contribution in [0.3, 0.4) is 0 Å². The van der Waals surface area contributed by atoms with Gasteiger partial charge in [-0.25, -0.2) is 9.59 Å². The third-order valence-electron chi connectivity index (χ3n) is 22.6. The molecule has 4 fully saturated rings. The summed E-state index contributed by atoms with van der Waals surface area (Å²) in [6.45, 7) is 13.3. The SMILES string of the molecule is CCCC1O[C@@H]2C[C@H]3[C@@H]4CCC5=CC(=O)C=C[C@]5(C)[C@H]4[C@@H](O)C[C@]3(C)[C@]2(C(=O)COCNC(=O)[C@H](Cc2ccccc2)NC(=O)OCc2ccc(NC(=O)[C@H](CCCNC(N)=O)NC(=O)[C@@H](NC(=O)CCOCCOCCOCCOCCNC(=O)CCC(=O)N3Cc4ccccc4/C=C(/C)c4ccccc43)C(C)C)cc2)O1. The van der Waals surface area contributed by atoms with Crippen molar-refractivity contribution in [2.45, 2.75) is 174 Å². The summed E-state index contributed by atoms with van der Waals surface area (Å²) in [7, 11) is 0. The van der Waals surface area contributed by atoms with Gasteiger partial charge in [-0.2, -0.15) is 0 Å². The number of rotatable bonds is 41. The summed E-state index contributed by atoms with van der Waals surface area (Å²) in [5.74, 6) is -3.62. The molecule has 610 valence electrons. The van der Waals surface area contributed by atoms with Gasteiger partial charge < -0.3 is 90.9 Å². The number of nitrogens with two attached hydrogens (primary N) is 1. The first-order valence-corrected chi connectivity index (χ1v) is 39.5. The van der Waals surface area contributed by atoms with E-state index in [1.54, 1.807) is 67.3 Å². The Morgan fingerprint density at radius 1 is 0.708 bits per heavy atom. The first-order valence-electron chi connectivity index (χ1n) is 39.5. The van der Waals surface area contributed by atoms with Gasteiger partial charge in [0.25, 0.3) is 0 Å². The number of hydrogen-bond acceptors (Lipinski definition) is 19. The van der Waals surface area contributed by atoms with Gasteiger partial charge in [0.15, 0.2) is 23.5 Å². The molecule has 0 spiro atoms. The Hall–Kier alpha value is -9.52. The highest BCUT2D eigenvalue weighted by Gasteiger charge is 2.76. The molecule has 1 unspecified atom stereocenters. The third-order valence-corrected chi connectivity index (χ3v) is 22.6. The van der Waals surface area contributed by atoms with Crippen LogP contribution in [0.15, 0.2) is 127 Å². The maximum Gasteiger partial charge on any atom is 0.408 e. The van der Waals surface area contributed by atoms with Gasteiger partial charge in [-0.15, -0.1) is 0 Å². The largest absolute Gasteiger partial charge is 0.445 e. The van der Waals surface area contributed by atoms with E-state index >= 15 is 0 Å². The van der Waals surface area contributed by atoms with Crippen molar-refractivity contribution in [1.82, 2.24) is 31.9 Å². The standard InChI is InChI=1S/C85H111N9O19/c1-7-16-75-112-71-48-65-64-29-26-60-47-62(95)32-34-83(60,5)76(64)69(96)49-84(65,6)85(71,113-75)70(97)52-110-53-89-78(101)67(46-56-17-9-8-10-18-56)92-82(105)111-51-57-24-27-61(28-25-57)90-79(102)66(22-15-35-88-81(86)104)91-80(103)77(54(2)3)93-73(99)33-37-106-39-41-108-43-44-109-42-40-107-38-36-87-72(98)30-31-74(100)94-50-59-20-12-11-19-58(59)45-55(4)63-21-13-14-23-68(63)94/h8-14,17-21,23-25,27-28,32,34,45,47,54,64-67,69,71,75-77,96H,7,15-16,22,26,29-31,33,35-44,46,48-53H2,1-6H3,(H,87,98)(H,89,101)(H,90,102)(H,91,103)(H,92,105)(H,93,99)(H3,86,88,104)/b55-45-/t64-,65-,66-,67-,69-,71+,75?,76+,77-,83-,84-,85+/m0/s1. The molecule has 3 saturated carbocycles. The normalized spacial score (nSPS) is 23.8. The number of ketones is 2. The smallest absolute Gasteiger partial charge is 0.408 e. The molecule has 1 saturated heterocycles. The first-order chi connectivity index (χ1) is 54.4. The van der Waals surface area contributed by atoms with Gasteiger partial charge in [-0.3, -0.25) is 38.4 Å². The number of nitrogens with one attached hydrogen (secondary N) is 7. The average Bonchev–Trinajstić information content (AvgIpc) is 1.52. The van der Waals surface area contributed by atoms with Crippen LogP contribution in [-0.4, -0.2) is 186 Å². The minimum Gasteiger partial charge on any atom is -0.445 e. The molecule has 0 radical (unpaired) electrons. The third kappa shape index (κ3) is 22.3. The molecule has 28 heteroatoms. The summed E-state index contributed by atoms with van der Waals surface area (Å²) < 4.78 is 47.3. The zero-order valence-corrected chi connectivity index (χ0v) is 65.6. The number of aliphatic hydroxyl groups excluding tert-OH is 1. The number of Topliss-reactive ketones (excluding diaryl/α,β-unsaturated/α-hetero) is 1. The van der Waals surface area contributed by atoms with Crippen LogP contribution in [0.5, 0.6) is 0 Å². The Bertz CT molecular complexity index is 4080. The Balaban J connectivity index is 0.605. The number of urea groups is 1.